The summed E-state index contributed by atoms with van der Waals surface area (Å²) in [7, 11) is 0. The quantitative estimate of drug-likeness (QED) is 0.558. The summed E-state index contributed by atoms with van der Waals surface area (Å²) in [6.45, 7) is 7.64. The van der Waals surface area contributed by atoms with E-state index in [1.807, 2.05) is 37.3 Å². The Morgan fingerprint density at radius 3 is 2.36 bits per heavy atom. The van der Waals surface area contributed by atoms with Crippen LogP contribution >= 0.6 is 0 Å². The number of benzene rings is 2. The standard InChI is InChI=1S/C22H25N5O/c1-5-17-8-6-7-14(2)21(17)27-22-23-15(3)13-20(26-22)25-19-11-9-18(10-12-19)24-16(4)28/h6-13H,5H2,1-4H3,(H,24,28)(H2,23,25,26,27). The topological polar surface area (TPSA) is 78.9 Å². The first-order chi connectivity index (χ1) is 13.4. The largest absolute Gasteiger partial charge is 0.340 e. The third kappa shape index (κ3) is 4.85. The van der Waals surface area contributed by atoms with Gasteiger partial charge in [0.15, 0.2) is 0 Å². The highest BCUT2D eigenvalue weighted by molar-refractivity contribution is 5.88. The highest BCUT2D eigenvalue weighted by atomic mass is 16.1. The van der Waals surface area contributed by atoms with E-state index < -0.39 is 0 Å². The number of para-hydroxylation sites is 1. The summed E-state index contributed by atoms with van der Waals surface area (Å²) >= 11 is 0. The van der Waals surface area contributed by atoms with E-state index >= 15 is 0 Å². The number of aromatic nitrogens is 2. The lowest BCUT2D eigenvalue weighted by Gasteiger charge is -2.14. The predicted octanol–water partition coefficient (Wildman–Crippen LogP) is 5.10. The van der Waals surface area contributed by atoms with Crippen molar-refractivity contribution in [1.82, 2.24) is 9.97 Å². The van der Waals surface area contributed by atoms with Crippen LogP contribution in [0.4, 0.5) is 28.8 Å². The molecule has 6 heteroatoms. The second-order valence-electron chi connectivity index (χ2n) is 6.69. The molecule has 6 nitrogen and oxygen atoms in total. The van der Waals surface area contributed by atoms with Crippen molar-refractivity contribution in [2.75, 3.05) is 16.0 Å². The molecule has 1 amide bonds. The minimum atomic E-state index is -0.0921. The van der Waals surface area contributed by atoms with Gasteiger partial charge in [-0.3, -0.25) is 4.79 Å². The van der Waals surface area contributed by atoms with Crippen LogP contribution in [0.2, 0.25) is 0 Å². The Balaban J connectivity index is 1.81. The maximum absolute atomic E-state index is 11.1. The highest BCUT2D eigenvalue weighted by Gasteiger charge is 2.08. The van der Waals surface area contributed by atoms with E-state index in [1.165, 1.54) is 12.5 Å². The third-order valence-electron chi connectivity index (χ3n) is 4.31. The zero-order chi connectivity index (χ0) is 20.1. The summed E-state index contributed by atoms with van der Waals surface area (Å²) in [4.78, 5) is 20.3. The van der Waals surface area contributed by atoms with Crippen LogP contribution in [0.25, 0.3) is 0 Å². The van der Waals surface area contributed by atoms with Crippen molar-refractivity contribution in [2.45, 2.75) is 34.1 Å². The predicted molar refractivity (Wildman–Crippen MR) is 115 cm³/mol. The molecule has 3 aromatic rings. The molecule has 28 heavy (non-hydrogen) atoms. The van der Waals surface area contributed by atoms with Gasteiger partial charge in [-0.2, -0.15) is 4.98 Å². The molecule has 1 heterocycles. The molecule has 0 fully saturated rings. The van der Waals surface area contributed by atoms with Crippen LogP contribution in [0.5, 0.6) is 0 Å². The lowest BCUT2D eigenvalue weighted by molar-refractivity contribution is -0.114. The van der Waals surface area contributed by atoms with Gasteiger partial charge in [-0.25, -0.2) is 4.98 Å². The monoisotopic (exact) mass is 375 g/mol. The van der Waals surface area contributed by atoms with Crippen LogP contribution in [-0.2, 0) is 11.2 Å². The van der Waals surface area contributed by atoms with Crippen molar-refractivity contribution in [3.05, 3.63) is 65.4 Å². The van der Waals surface area contributed by atoms with Gasteiger partial charge in [0.05, 0.1) is 0 Å². The van der Waals surface area contributed by atoms with E-state index in [2.05, 4.69) is 58.0 Å². The molecule has 0 atom stereocenters. The Kier molecular flexibility index (Phi) is 5.89. The maximum atomic E-state index is 11.1. The zero-order valence-electron chi connectivity index (χ0n) is 16.6. The fraction of sp³-hybridized carbons (Fsp3) is 0.227. The van der Waals surface area contributed by atoms with Gasteiger partial charge >= 0.3 is 0 Å². The van der Waals surface area contributed by atoms with Crippen molar-refractivity contribution in [3.8, 4) is 0 Å². The first-order valence-electron chi connectivity index (χ1n) is 9.30. The number of amides is 1. The van der Waals surface area contributed by atoms with E-state index in [0.29, 0.717) is 11.8 Å². The number of nitrogens with zero attached hydrogens (tertiary/aromatic N) is 2. The van der Waals surface area contributed by atoms with Gasteiger partial charge in [-0.15, -0.1) is 0 Å². The van der Waals surface area contributed by atoms with Gasteiger partial charge < -0.3 is 16.0 Å². The van der Waals surface area contributed by atoms with Gasteiger partial charge in [0.1, 0.15) is 5.82 Å². The van der Waals surface area contributed by atoms with E-state index in [4.69, 9.17) is 0 Å². The van der Waals surface area contributed by atoms with Crippen LogP contribution in [0.3, 0.4) is 0 Å². The van der Waals surface area contributed by atoms with E-state index in [1.54, 1.807) is 0 Å². The van der Waals surface area contributed by atoms with Crippen LogP contribution in [-0.4, -0.2) is 15.9 Å². The molecule has 2 aromatic carbocycles. The van der Waals surface area contributed by atoms with E-state index in [-0.39, 0.29) is 5.91 Å². The second kappa shape index (κ2) is 8.52. The van der Waals surface area contributed by atoms with Crippen molar-refractivity contribution >= 4 is 34.7 Å². The van der Waals surface area contributed by atoms with Crippen molar-refractivity contribution in [3.63, 3.8) is 0 Å². The summed E-state index contributed by atoms with van der Waals surface area (Å²) < 4.78 is 0. The summed E-state index contributed by atoms with van der Waals surface area (Å²) in [5.74, 6) is 1.17. The molecule has 0 aliphatic rings. The molecule has 1 aromatic heterocycles. The van der Waals surface area contributed by atoms with Crippen molar-refractivity contribution in [2.24, 2.45) is 0 Å². The number of carbonyl (C=O) groups is 1. The molecule has 0 aliphatic carbocycles. The summed E-state index contributed by atoms with van der Waals surface area (Å²) in [6.07, 6.45) is 0.932. The first-order valence-corrected chi connectivity index (χ1v) is 9.30. The number of hydrogen-bond acceptors (Lipinski definition) is 5. The Morgan fingerprint density at radius 2 is 1.68 bits per heavy atom. The molecule has 0 radical (unpaired) electrons. The smallest absolute Gasteiger partial charge is 0.229 e. The number of anilines is 5. The molecule has 0 bridgehead atoms. The summed E-state index contributed by atoms with van der Waals surface area (Å²) in [5.41, 5.74) is 5.94. The summed E-state index contributed by atoms with van der Waals surface area (Å²) in [5, 5.41) is 9.43. The molecule has 0 aliphatic heterocycles. The molecule has 3 rings (SSSR count). The zero-order valence-corrected chi connectivity index (χ0v) is 16.6. The average molecular weight is 375 g/mol. The van der Waals surface area contributed by atoms with Gasteiger partial charge in [-0.05, 0) is 55.7 Å². The minimum absolute atomic E-state index is 0.0921. The number of aryl methyl sites for hydroxylation is 3. The van der Waals surface area contributed by atoms with Crippen LogP contribution in [0.15, 0.2) is 48.5 Å². The number of hydrogen-bond donors (Lipinski definition) is 3. The molecule has 144 valence electrons. The Bertz CT molecular complexity index is 983. The fourth-order valence-corrected chi connectivity index (χ4v) is 2.99. The lowest BCUT2D eigenvalue weighted by Crippen LogP contribution is -2.06. The number of rotatable bonds is 6. The number of carbonyl (C=O) groups excluding carboxylic acids is 1. The van der Waals surface area contributed by atoms with Gasteiger partial charge in [0.2, 0.25) is 11.9 Å². The maximum Gasteiger partial charge on any atom is 0.229 e. The van der Waals surface area contributed by atoms with Gasteiger partial charge in [0.25, 0.3) is 0 Å². The SMILES string of the molecule is CCc1cccc(C)c1Nc1nc(C)cc(Nc2ccc(NC(C)=O)cc2)n1. The Hall–Kier alpha value is -3.41. The average Bonchev–Trinajstić information content (AvgIpc) is 2.64. The fourth-order valence-electron chi connectivity index (χ4n) is 2.99. The molecule has 3 N–H and O–H groups in total. The molecule has 0 spiro atoms. The lowest BCUT2D eigenvalue weighted by atomic mass is 10.1. The van der Waals surface area contributed by atoms with Gasteiger partial charge in [0, 0.05) is 35.7 Å². The molecular weight excluding hydrogens is 350 g/mol. The summed E-state index contributed by atoms with van der Waals surface area (Å²) in [6, 6.07) is 15.6. The van der Waals surface area contributed by atoms with Crippen LogP contribution < -0.4 is 16.0 Å². The minimum Gasteiger partial charge on any atom is -0.340 e. The van der Waals surface area contributed by atoms with Crippen LogP contribution in [0.1, 0.15) is 30.7 Å². The Morgan fingerprint density at radius 1 is 0.964 bits per heavy atom. The molecule has 0 unspecified atom stereocenters. The van der Waals surface area contributed by atoms with Crippen LogP contribution in [0, 0.1) is 13.8 Å². The number of nitrogens with one attached hydrogen (secondary N) is 3. The van der Waals surface area contributed by atoms with E-state index in [9.17, 15) is 4.79 Å². The first kappa shape index (κ1) is 19.4. The molecule has 0 saturated carbocycles. The Labute approximate surface area is 165 Å². The molecular formula is C22H25N5O. The van der Waals surface area contributed by atoms with Crippen molar-refractivity contribution in [1.29, 1.82) is 0 Å². The molecule has 0 saturated heterocycles. The van der Waals surface area contributed by atoms with Gasteiger partial charge in [-0.1, -0.05) is 25.1 Å². The third-order valence-corrected chi connectivity index (χ3v) is 4.31. The highest BCUT2D eigenvalue weighted by Crippen LogP contribution is 2.25. The second-order valence-corrected chi connectivity index (χ2v) is 6.69. The van der Waals surface area contributed by atoms with E-state index in [0.717, 1.165) is 34.7 Å². The normalized spacial score (nSPS) is 10.4. The van der Waals surface area contributed by atoms with Crippen molar-refractivity contribution < 1.29 is 4.79 Å².